The summed E-state index contributed by atoms with van der Waals surface area (Å²) in [5.74, 6) is 0.321. The first kappa shape index (κ1) is 23.4. The number of halogens is 2. The number of carbonyl (C=O) groups is 2. The summed E-state index contributed by atoms with van der Waals surface area (Å²) >= 11 is 5.99. The second-order valence-corrected chi connectivity index (χ2v) is 5.99. The van der Waals surface area contributed by atoms with Crippen LogP contribution in [-0.4, -0.2) is 32.7 Å². The van der Waals surface area contributed by atoms with Crippen LogP contribution in [0.2, 0.25) is 5.02 Å². The van der Waals surface area contributed by atoms with E-state index in [0.717, 1.165) is 0 Å². The number of anilines is 2. The largest absolute Gasteiger partial charge is 0.496 e. The number of nitrogen functional groups attached to an aromatic ring is 1. The molecule has 0 aliphatic carbocycles. The van der Waals surface area contributed by atoms with Gasteiger partial charge in [-0.2, -0.15) is 0 Å². The van der Waals surface area contributed by atoms with Gasteiger partial charge in [-0.05, 0) is 36.8 Å². The molecule has 0 atom stereocenters. The molecule has 2 aromatic rings. The van der Waals surface area contributed by atoms with E-state index in [1.165, 1.54) is 26.4 Å². The highest BCUT2D eigenvalue weighted by Crippen LogP contribution is 2.29. The average Bonchev–Trinajstić information content (AvgIpc) is 2.67. The number of nitrogens with one attached hydrogen (secondary N) is 1. The molecule has 0 spiro atoms. The van der Waals surface area contributed by atoms with E-state index in [0.29, 0.717) is 42.3 Å². The van der Waals surface area contributed by atoms with E-state index >= 15 is 0 Å². The first-order valence-electron chi connectivity index (χ1n) is 8.18. The monoisotopic (exact) mass is 428 g/mol. The highest BCUT2D eigenvalue weighted by Gasteiger charge is 2.15. The van der Waals surface area contributed by atoms with Gasteiger partial charge in [0, 0.05) is 18.2 Å². The molecule has 0 aromatic heterocycles. The van der Waals surface area contributed by atoms with Crippen LogP contribution in [0.5, 0.6) is 11.5 Å². The number of benzene rings is 2. The minimum atomic E-state index is -0.375. The normalized spacial score (nSPS) is 9.82. The smallest absolute Gasteiger partial charge is 0.305 e. The summed E-state index contributed by atoms with van der Waals surface area (Å²) in [6.45, 7) is 0.391. The van der Waals surface area contributed by atoms with E-state index in [1.807, 2.05) is 0 Å². The van der Waals surface area contributed by atoms with Crippen LogP contribution in [0.25, 0.3) is 0 Å². The van der Waals surface area contributed by atoms with Gasteiger partial charge in [0.05, 0.1) is 37.1 Å². The highest BCUT2D eigenvalue weighted by molar-refractivity contribution is 6.33. The molecule has 0 aliphatic rings. The van der Waals surface area contributed by atoms with Gasteiger partial charge in [-0.1, -0.05) is 11.6 Å². The minimum Gasteiger partial charge on any atom is -0.496 e. The molecule has 28 heavy (non-hydrogen) atoms. The topological polar surface area (TPSA) is 99.9 Å². The molecule has 3 N–H and O–H groups in total. The molecule has 2 rings (SSSR count). The van der Waals surface area contributed by atoms with Crippen molar-refractivity contribution in [3.8, 4) is 11.5 Å². The second kappa shape index (κ2) is 11.3. The van der Waals surface area contributed by atoms with E-state index in [4.69, 9.17) is 26.8 Å². The number of methoxy groups -OCH3 is 2. The van der Waals surface area contributed by atoms with Crippen molar-refractivity contribution in [3.63, 3.8) is 0 Å². The summed E-state index contributed by atoms with van der Waals surface area (Å²) in [5, 5.41) is 3.04. The quantitative estimate of drug-likeness (QED) is 0.375. The van der Waals surface area contributed by atoms with Crippen LogP contribution in [0.3, 0.4) is 0 Å². The summed E-state index contributed by atoms with van der Waals surface area (Å²) in [4.78, 5) is 23.5. The molecular formula is C19H22Cl2N2O5. The molecule has 152 valence electrons. The standard InChI is InChI=1S/C19H21ClN2O5.ClH/c1-25-17-11-16(21)15(20)10-14(17)19(24)22-12-5-7-13(8-6-12)27-9-3-4-18(23)26-2;/h5-8,10-11H,3-4,9,21H2,1-2H3,(H,22,24);1H. The Morgan fingerprint density at radius 2 is 1.82 bits per heavy atom. The second-order valence-electron chi connectivity index (χ2n) is 5.58. The predicted octanol–water partition coefficient (Wildman–Crippen LogP) is 3.94. The fourth-order valence-corrected chi connectivity index (χ4v) is 2.42. The molecule has 9 heteroatoms. The maximum Gasteiger partial charge on any atom is 0.305 e. The Hall–Kier alpha value is -2.64. The number of ether oxygens (including phenoxy) is 3. The highest BCUT2D eigenvalue weighted by atomic mass is 35.5. The Morgan fingerprint density at radius 3 is 2.43 bits per heavy atom. The number of carbonyl (C=O) groups excluding carboxylic acids is 2. The molecular weight excluding hydrogens is 407 g/mol. The number of amides is 1. The molecule has 0 aliphatic heterocycles. The van der Waals surface area contributed by atoms with Crippen molar-refractivity contribution in [3.05, 3.63) is 47.0 Å². The summed E-state index contributed by atoms with van der Waals surface area (Å²) in [6.07, 6.45) is 0.861. The molecule has 0 saturated heterocycles. The van der Waals surface area contributed by atoms with Crippen molar-refractivity contribution in [2.24, 2.45) is 0 Å². The average molecular weight is 429 g/mol. The van der Waals surface area contributed by atoms with Gasteiger partial charge in [-0.15, -0.1) is 12.4 Å². The Morgan fingerprint density at radius 1 is 1.14 bits per heavy atom. The third-order valence-corrected chi connectivity index (χ3v) is 4.02. The fraction of sp³-hybridized carbons (Fsp3) is 0.263. The van der Waals surface area contributed by atoms with Crippen LogP contribution in [-0.2, 0) is 9.53 Å². The first-order chi connectivity index (χ1) is 12.9. The number of hydrogen-bond donors (Lipinski definition) is 2. The summed E-state index contributed by atoms with van der Waals surface area (Å²) in [5.41, 5.74) is 6.92. The van der Waals surface area contributed by atoms with Gasteiger partial charge >= 0.3 is 5.97 Å². The van der Waals surface area contributed by atoms with Crippen molar-refractivity contribution in [2.75, 3.05) is 31.9 Å². The fourth-order valence-electron chi connectivity index (χ4n) is 2.26. The maximum absolute atomic E-state index is 12.5. The SMILES string of the molecule is COC(=O)CCCOc1ccc(NC(=O)c2cc(Cl)c(N)cc2OC)cc1.Cl. The van der Waals surface area contributed by atoms with Gasteiger partial charge in [0.25, 0.3) is 5.91 Å². The first-order valence-corrected chi connectivity index (χ1v) is 8.56. The van der Waals surface area contributed by atoms with Gasteiger partial charge < -0.3 is 25.3 Å². The number of nitrogens with two attached hydrogens (primary N) is 1. The lowest BCUT2D eigenvalue weighted by molar-refractivity contribution is -0.140. The third-order valence-electron chi connectivity index (χ3n) is 3.70. The molecule has 0 radical (unpaired) electrons. The van der Waals surface area contributed by atoms with Crippen molar-refractivity contribution >= 4 is 47.3 Å². The van der Waals surface area contributed by atoms with Gasteiger partial charge in [-0.3, -0.25) is 9.59 Å². The van der Waals surface area contributed by atoms with E-state index in [1.54, 1.807) is 24.3 Å². The van der Waals surface area contributed by atoms with Crippen LogP contribution in [0.4, 0.5) is 11.4 Å². The molecule has 2 aromatic carbocycles. The van der Waals surface area contributed by atoms with E-state index in [9.17, 15) is 9.59 Å². The Balaban J connectivity index is 0.00000392. The molecule has 0 fully saturated rings. The zero-order valence-electron chi connectivity index (χ0n) is 15.5. The lowest BCUT2D eigenvalue weighted by atomic mass is 10.1. The van der Waals surface area contributed by atoms with E-state index < -0.39 is 0 Å². The van der Waals surface area contributed by atoms with Gasteiger partial charge in [0.1, 0.15) is 11.5 Å². The van der Waals surface area contributed by atoms with Crippen LogP contribution < -0.4 is 20.5 Å². The minimum absolute atomic E-state index is 0. The lowest BCUT2D eigenvalue weighted by Crippen LogP contribution is -2.13. The predicted molar refractivity (Wildman–Crippen MR) is 111 cm³/mol. The third kappa shape index (κ3) is 6.51. The zero-order valence-corrected chi connectivity index (χ0v) is 17.1. The molecule has 0 bridgehead atoms. The Labute approximate surface area is 174 Å². The molecule has 7 nitrogen and oxygen atoms in total. The van der Waals surface area contributed by atoms with Gasteiger partial charge in [0.2, 0.25) is 0 Å². The van der Waals surface area contributed by atoms with E-state index in [-0.39, 0.29) is 34.9 Å². The van der Waals surface area contributed by atoms with Gasteiger partial charge in [0.15, 0.2) is 0 Å². The molecule has 1 amide bonds. The van der Waals surface area contributed by atoms with Crippen molar-refractivity contribution in [1.82, 2.24) is 0 Å². The summed E-state index contributed by atoms with van der Waals surface area (Å²) < 4.78 is 15.3. The van der Waals surface area contributed by atoms with Crippen molar-refractivity contribution in [2.45, 2.75) is 12.8 Å². The van der Waals surface area contributed by atoms with Crippen LogP contribution >= 0.6 is 24.0 Å². The number of rotatable bonds is 8. The number of hydrogen-bond acceptors (Lipinski definition) is 6. The maximum atomic E-state index is 12.5. The Kier molecular flexibility index (Phi) is 9.41. The molecule has 0 unspecified atom stereocenters. The zero-order chi connectivity index (χ0) is 19.8. The van der Waals surface area contributed by atoms with Crippen LogP contribution in [0.1, 0.15) is 23.2 Å². The lowest BCUT2D eigenvalue weighted by Gasteiger charge is -2.12. The summed E-state index contributed by atoms with van der Waals surface area (Å²) in [7, 11) is 2.80. The van der Waals surface area contributed by atoms with Crippen molar-refractivity contribution < 1.29 is 23.8 Å². The Bertz CT molecular complexity index is 813. The van der Waals surface area contributed by atoms with Crippen LogP contribution in [0, 0.1) is 0 Å². The molecule has 0 saturated carbocycles. The van der Waals surface area contributed by atoms with E-state index in [2.05, 4.69) is 10.1 Å². The number of esters is 1. The van der Waals surface area contributed by atoms with Gasteiger partial charge in [-0.25, -0.2) is 0 Å². The summed E-state index contributed by atoms with van der Waals surface area (Å²) in [6, 6.07) is 9.83. The molecule has 0 heterocycles. The van der Waals surface area contributed by atoms with Crippen LogP contribution in [0.15, 0.2) is 36.4 Å². The van der Waals surface area contributed by atoms with Crippen molar-refractivity contribution in [1.29, 1.82) is 0 Å².